The smallest absolute Gasteiger partial charge is 0.254 e. The minimum absolute atomic E-state index is 0.0186. The Balaban J connectivity index is 1.66. The largest absolute Gasteiger partial charge is 0.494 e. The number of hydrogen-bond acceptors (Lipinski definition) is 7. The Morgan fingerprint density at radius 3 is 2.53 bits per heavy atom. The molecule has 9 heteroatoms. The van der Waals surface area contributed by atoms with Gasteiger partial charge in [-0.05, 0) is 48.6 Å². The molecule has 204 valence electrons. The molecule has 0 aromatic heterocycles. The van der Waals surface area contributed by atoms with E-state index in [0.717, 1.165) is 22.6 Å². The van der Waals surface area contributed by atoms with Crippen molar-refractivity contribution in [3.8, 4) is 11.5 Å². The third-order valence-electron chi connectivity index (χ3n) is 7.15. The van der Waals surface area contributed by atoms with Crippen LogP contribution in [0, 0.1) is 5.41 Å². The second-order valence-electron chi connectivity index (χ2n) is 10.9. The molecule has 1 unspecified atom stereocenters. The van der Waals surface area contributed by atoms with Crippen LogP contribution in [-0.4, -0.2) is 74.0 Å². The molecule has 0 bridgehead atoms. The SMILES string of the molecule is CCOc1cc2c(cc1C(=O)NC)C(=N)N(CC(=O)c1cc(N3CCC(O)C3)c(OC)c(C(C)(C)C)c1)C2. The van der Waals surface area contributed by atoms with E-state index in [4.69, 9.17) is 14.9 Å². The van der Waals surface area contributed by atoms with Gasteiger partial charge in [0.2, 0.25) is 0 Å². The molecule has 2 aliphatic rings. The highest BCUT2D eigenvalue weighted by atomic mass is 16.5. The minimum Gasteiger partial charge on any atom is -0.494 e. The van der Waals surface area contributed by atoms with Gasteiger partial charge in [-0.25, -0.2) is 0 Å². The molecule has 2 aromatic carbocycles. The molecule has 0 aliphatic carbocycles. The van der Waals surface area contributed by atoms with E-state index in [1.807, 2.05) is 19.1 Å². The van der Waals surface area contributed by atoms with Gasteiger partial charge in [-0.2, -0.15) is 0 Å². The Labute approximate surface area is 224 Å². The summed E-state index contributed by atoms with van der Waals surface area (Å²) in [5.41, 5.74) is 3.81. The normalized spacial score (nSPS) is 17.0. The lowest BCUT2D eigenvalue weighted by molar-refractivity contribution is 0.0953. The first-order valence-electron chi connectivity index (χ1n) is 13.0. The van der Waals surface area contributed by atoms with E-state index >= 15 is 0 Å². The molecule has 1 saturated heterocycles. The summed E-state index contributed by atoms with van der Waals surface area (Å²) in [5, 5.41) is 21.5. The summed E-state index contributed by atoms with van der Waals surface area (Å²) in [6.07, 6.45) is 0.249. The number of ketones is 1. The van der Waals surface area contributed by atoms with Gasteiger partial charge >= 0.3 is 0 Å². The van der Waals surface area contributed by atoms with E-state index in [-0.39, 0.29) is 29.5 Å². The lowest BCUT2D eigenvalue weighted by Crippen LogP contribution is -2.31. The Bertz CT molecular complexity index is 1270. The quantitative estimate of drug-likeness (QED) is 0.456. The van der Waals surface area contributed by atoms with Crippen LogP contribution in [0.4, 0.5) is 5.69 Å². The number of amidine groups is 1. The van der Waals surface area contributed by atoms with Crippen molar-refractivity contribution in [2.24, 2.45) is 0 Å². The zero-order chi connectivity index (χ0) is 27.8. The van der Waals surface area contributed by atoms with Crippen molar-refractivity contribution in [2.75, 3.05) is 45.3 Å². The van der Waals surface area contributed by atoms with Gasteiger partial charge in [-0.3, -0.25) is 15.0 Å². The molecule has 38 heavy (non-hydrogen) atoms. The fourth-order valence-corrected chi connectivity index (χ4v) is 5.16. The van der Waals surface area contributed by atoms with E-state index in [1.54, 1.807) is 31.2 Å². The summed E-state index contributed by atoms with van der Waals surface area (Å²) in [6.45, 7) is 10.1. The molecule has 1 amide bonds. The number of hydrogen-bond donors (Lipinski definition) is 3. The Hall–Kier alpha value is -3.59. The van der Waals surface area contributed by atoms with Gasteiger partial charge in [0.15, 0.2) is 5.78 Å². The van der Waals surface area contributed by atoms with E-state index in [2.05, 4.69) is 31.0 Å². The molecule has 0 saturated carbocycles. The number of methoxy groups -OCH3 is 1. The third-order valence-corrected chi connectivity index (χ3v) is 7.15. The highest BCUT2D eigenvalue weighted by Gasteiger charge is 2.32. The molecule has 0 radical (unpaired) electrons. The fourth-order valence-electron chi connectivity index (χ4n) is 5.16. The number of benzene rings is 2. The number of Topliss-reactive ketones (excluding diaryl/α,β-unsaturated/α-hetero) is 1. The summed E-state index contributed by atoms with van der Waals surface area (Å²) in [4.78, 5) is 29.9. The highest BCUT2D eigenvalue weighted by molar-refractivity contribution is 6.08. The van der Waals surface area contributed by atoms with E-state index in [1.165, 1.54) is 0 Å². The van der Waals surface area contributed by atoms with Crippen LogP contribution in [0.3, 0.4) is 0 Å². The number of ether oxygens (including phenoxy) is 2. The van der Waals surface area contributed by atoms with Gasteiger partial charge in [-0.1, -0.05) is 20.8 Å². The molecule has 2 aliphatic heterocycles. The number of carbonyl (C=O) groups excluding carboxylic acids is 2. The topological polar surface area (TPSA) is 115 Å². The fraction of sp³-hybridized carbons (Fsp3) is 0.483. The maximum absolute atomic E-state index is 13.7. The molecule has 2 aromatic rings. The highest BCUT2D eigenvalue weighted by Crippen LogP contribution is 2.41. The monoisotopic (exact) mass is 522 g/mol. The number of aliphatic hydroxyl groups is 1. The first-order valence-corrected chi connectivity index (χ1v) is 13.0. The Kier molecular flexibility index (Phi) is 7.69. The van der Waals surface area contributed by atoms with Gasteiger partial charge in [-0.15, -0.1) is 0 Å². The zero-order valence-electron chi connectivity index (χ0n) is 23.1. The predicted octanol–water partition coefficient (Wildman–Crippen LogP) is 3.35. The number of fused-ring (bicyclic) bond motifs is 1. The number of nitrogens with zero attached hydrogens (tertiary/aromatic N) is 2. The molecule has 3 N–H and O–H groups in total. The standard InChI is InChI=1S/C29H38N4O5/c1-7-38-25-12-18-14-33(27(30)20(18)13-21(25)28(36)31-5)16-24(35)17-10-22(29(2,3)4)26(37-6)23(11-17)32-9-8-19(34)15-32/h10-13,19,30,34H,7-9,14-16H2,1-6H3,(H,31,36). The first-order chi connectivity index (χ1) is 18.0. The van der Waals surface area contributed by atoms with Crippen molar-refractivity contribution in [3.63, 3.8) is 0 Å². The zero-order valence-corrected chi connectivity index (χ0v) is 23.1. The average Bonchev–Trinajstić information content (AvgIpc) is 3.44. The number of amides is 1. The van der Waals surface area contributed by atoms with Crippen LogP contribution in [0.15, 0.2) is 24.3 Å². The Morgan fingerprint density at radius 1 is 1.21 bits per heavy atom. The van der Waals surface area contributed by atoms with Crippen LogP contribution in [0.2, 0.25) is 0 Å². The molecule has 1 fully saturated rings. The molecule has 4 rings (SSSR count). The van der Waals surface area contributed by atoms with Crippen LogP contribution in [-0.2, 0) is 12.0 Å². The van der Waals surface area contributed by atoms with E-state index < -0.39 is 6.10 Å². The van der Waals surface area contributed by atoms with Gasteiger partial charge in [0.1, 0.15) is 17.3 Å². The van der Waals surface area contributed by atoms with Gasteiger partial charge < -0.3 is 29.7 Å². The van der Waals surface area contributed by atoms with Crippen molar-refractivity contribution < 1.29 is 24.2 Å². The van der Waals surface area contributed by atoms with Crippen LogP contribution >= 0.6 is 0 Å². The second kappa shape index (κ2) is 10.6. The van der Waals surface area contributed by atoms with Gasteiger partial charge in [0.25, 0.3) is 5.91 Å². The third kappa shape index (κ3) is 5.20. The maximum Gasteiger partial charge on any atom is 0.254 e. The minimum atomic E-state index is -0.415. The number of β-amino-alcohol motifs (C(OH)–C–C–N with tert-alkyl or cyclic N) is 1. The average molecular weight is 523 g/mol. The lowest BCUT2D eigenvalue weighted by atomic mass is 9.84. The maximum atomic E-state index is 13.7. The van der Waals surface area contributed by atoms with Crippen LogP contribution in [0.25, 0.3) is 0 Å². The lowest BCUT2D eigenvalue weighted by Gasteiger charge is -2.29. The predicted molar refractivity (Wildman–Crippen MR) is 147 cm³/mol. The van der Waals surface area contributed by atoms with Crippen molar-refractivity contribution in [1.82, 2.24) is 10.2 Å². The van der Waals surface area contributed by atoms with Crippen molar-refractivity contribution in [3.05, 3.63) is 52.1 Å². The molecule has 2 heterocycles. The van der Waals surface area contributed by atoms with Crippen LogP contribution in [0.1, 0.15) is 71.5 Å². The Morgan fingerprint density at radius 2 is 1.95 bits per heavy atom. The first kappa shape index (κ1) is 27.4. The number of aliphatic hydroxyl groups excluding tert-OH is 1. The van der Waals surface area contributed by atoms with Crippen LogP contribution < -0.4 is 19.7 Å². The number of anilines is 1. The van der Waals surface area contributed by atoms with Crippen molar-refractivity contribution in [2.45, 2.75) is 52.2 Å². The van der Waals surface area contributed by atoms with E-state index in [9.17, 15) is 14.7 Å². The summed E-state index contributed by atoms with van der Waals surface area (Å²) < 4.78 is 11.5. The number of rotatable bonds is 8. The van der Waals surface area contributed by atoms with Crippen molar-refractivity contribution >= 4 is 23.2 Å². The molecular formula is C29H38N4O5. The summed E-state index contributed by atoms with van der Waals surface area (Å²) in [7, 11) is 3.19. The van der Waals surface area contributed by atoms with E-state index in [0.29, 0.717) is 55.1 Å². The summed E-state index contributed by atoms with van der Waals surface area (Å²) in [6, 6.07) is 7.21. The molecule has 0 spiro atoms. The second-order valence-corrected chi connectivity index (χ2v) is 10.9. The van der Waals surface area contributed by atoms with Gasteiger partial charge in [0, 0.05) is 43.4 Å². The van der Waals surface area contributed by atoms with Crippen LogP contribution in [0.5, 0.6) is 11.5 Å². The van der Waals surface area contributed by atoms with Crippen molar-refractivity contribution in [1.29, 1.82) is 5.41 Å². The molecule has 1 atom stereocenters. The number of nitrogens with one attached hydrogen (secondary N) is 2. The summed E-state index contributed by atoms with van der Waals surface area (Å²) >= 11 is 0. The molecule has 9 nitrogen and oxygen atoms in total. The number of carbonyl (C=O) groups is 2. The molecular weight excluding hydrogens is 484 g/mol. The van der Waals surface area contributed by atoms with Gasteiger partial charge in [0.05, 0.1) is 37.6 Å². The summed E-state index contributed by atoms with van der Waals surface area (Å²) in [5.74, 6) is 0.983.